The lowest BCUT2D eigenvalue weighted by Gasteiger charge is -2.36. The number of rotatable bonds is 5. The van der Waals surface area contributed by atoms with Crippen molar-refractivity contribution >= 4 is 37.1 Å². The second-order valence-corrected chi connectivity index (χ2v) is 15.7. The molecule has 0 atom stereocenters. The number of nitrogens with one attached hydrogen (secondary N) is 1. The lowest BCUT2D eigenvalue weighted by molar-refractivity contribution is 0.0636. The number of aromatic nitrogens is 2. The molecule has 0 aliphatic carbocycles. The second-order valence-electron chi connectivity index (χ2n) is 10.9. The third kappa shape index (κ3) is 5.94. The molecule has 3 N–H and O–H groups in total. The van der Waals surface area contributed by atoms with Crippen LogP contribution in [0.1, 0.15) is 47.1 Å². The Labute approximate surface area is 197 Å². The molecule has 0 unspecified atom stereocenters. The SMILES string of the molecule is CC(C)(C)OC(=O)Nc1cccc(-n2c(N)nc3cc(CO[Si](C)(C)C(C)(C)C)ccc32)c1. The summed E-state index contributed by atoms with van der Waals surface area (Å²) in [5, 5.41) is 2.93. The van der Waals surface area contributed by atoms with E-state index in [-0.39, 0.29) is 5.04 Å². The van der Waals surface area contributed by atoms with E-state index in [1.165, 1.54) is 0 Å². The van der Waals surface area contributed by atoms with E-state index in [0.717, 1.165) is 22.3 Å². The Bertz CT molecular complexity index is 1160. The molecule has 1 aromatic heterocycles. The van der Waals surface area contributed by atoms with Crippen LogP contribution in [0.3, 0.4) is 0 Å². The van der Waals surface area contributed by atoms with Crippen LogP contribution >= 0.6 is 0 Å². The number of fused-ring (bicyclic) bond motifs is 1. The summed E-state index contributed by atoms with van der Waals surface area (Å²) >= 11 is 0. The summed E-state index contributed by atoms with van der Waals surface area (Å²) in [5.41, 5.74) is 9.88. The first-order valence-corrected chi connectivity index (χ1v) is 14.1. The molecule has 2 aromatic carbocycles. The van der Waals surface area contributed by atoms with Crippen molar-refractivity contribution in [3.63, 3.8) is 0 Å². The normalized spacial score (nSPS) is 12.7. The number of ether oxygens (including phenoxy) is 1. The molecule has 7 nitrogen and oxygen atoms in total. The van der Waals surface area contributed by atoms with Gasteiger partial charge >= 0.3 is 6.09 Å². The Morgan fingerprint density at radius 3 is 2.42 bits per heavy atom. The average molecular weight is 469 g/mol. The topological polar surface area (TPSA) is 91.4 Å². The summed E-state index contributed by atoms with van der Waals surface area (Å²) in [6, 6.07) is 13.5. The summed E-state index contributed by atoms with van der Waals surface area (Å²) in [7, 11) is -1.84. The van der Waals surface area contributed by atoms with Crippen LogP contribution in [-0.2, 0) is 15.8 Å². The smallest absolute Gasteiger partial charge is 0.412 e. The molecule has 0 saturated carbocycles. The van der Waals surface area contributed by atoms with E-state index in [2.05, 4.69) is 50.2 Å². The van der Waals surface area contributed by atoms with Crippen molar-refractivity contribution in [3.05, 3.63) is 48.0 Å². The highest BCUT2D eigenvalue weighted by Gasteiger charge is 2.37. The van der Waals surface area contributed by atoms with Gasteiger partial charge in [0.25, 0.3) is 0 Å². The molecule has 0 aliphatic heterocycles. The molecule has 0 radical (unpaired) electrons. The fraction of sp³-hybridized carbons (Fsp3) is 0.440. The van der Waals surface area contributed by atoms with Crippen molar-refractivity contribution in [2.75, 3.05) is 11.1 Å². The highest BCUT2D eigenvalue weighted by atomic mass is 28.4. The fourth-order valence-electron chi connectivity index (χ4n) is 3.13. The number of hydrogen-bond acceptors (Lipinski definition) is 5. The number of imidazole rings is 1. The van der Waals surface area contributed by atoms with Gasteiger partial charge in [-0.05, 0) is 74.8 Å². The Hall–Kier alpha value is -2.84. The lowest BCUT2D eigenvalue weighted by atomic mass is 10.2. The zero-order chi connectivity index (χ0) is 24.6. The maximum atomic E-state index is 12.2. The zero-order valence-electron chi connectivity index (χ0n) is 20.9. The zero-order valence-corrected chi connectivity index (χ0v) is 21.9. The van der Waals surface area contributed by atoms with E-state index < -0.39 is 20.0 Å². The van der Waals surface area contributed by atoms with E-state index in [0.29, 0.717) is 18.2 Å². The number of carbonyl (C=O) groups is 1. The van der Waals surface area contributed by atoms with Crippen LogP contribution in [0.15, 0.2) is 42.5 Å². The van der Waals surface area contributed by atoms with Gasteiger partial charge < -0.3 is 14.9 Å². The summed E-state index contributed by atoms with van der Waals surface area (Å²) < 4.78 is 13.6. The van der Waals surface area contributed by atoms with E-state index in [1.54, 1.807) is 6.07 Å². The van der Waals surface area contributed by atoms with E-state index in [4.69, 9.17) is 14.9 Å². The quantitative estimate of drug-likeness (QED) is 0.418. The standard InChI is InChI=1S/C25H36N4O3Si/c1-24(2,3)32-23(30)27-18-10-9-11-19(15-18)29-21-13-12-17(14-20(21)28-22(29)26)16-31-33(7,8)25(4,5)6/h9-15H,16H2,1-8H3,(H2,26,28)(H,27,30). The average Bonchev–Trinajstić information content (AvgIpc) is 2.99. The molecule has 0 aliphatic rings. The summed E-state index contributed by atoms with van der Waals surface area (Å²) in [5.74, 6) is 0.377. The van der Waals surface area contributed by atoms with Crippen molar-refractivity contribution in [1.29, 1.82) is 0 Å². The molecular weight excluding hydrogens is 432 g/mol. The number of nitrogens with two attached hydrogens (primary N) is 1. The molecule has 0 fully saturated rings. The highest BCUT2D eigenvalue weighted by Crippen LogP contribution is 2.37. The molecule has 178 valence electrons. The van der Waals surface area contributed by atoms with Crippen LogP contribution in [0.25, 0.3) is 16.7 Å². The van der Waals surface area contributed by atoms with Gasteiger partial charge in [0, 0.05) is 5.69 Å². The van der Waals surface area contributed by atoms with Crippen LogP contribution in [0.5, 0.6) is 0 Å². The van der Waals surface area contributed by atoms with Crippen LogP contribution in [0, 0.1) is 0 Å². The van der Waals surface area contributed by atoms with Crippen molar-refractivity contribution < 1.29 is 14.0 Å². The summed E-state index contributed by atoms with van der Waals surface area (Å²) in [6.45, 7) is 17.2. The van der Waals surface area contributed by atoms with Gasteiger partial charge in [0.2, 0.25) is 5.95 Å². The van der Waals surface area contributed by atoms with E-state index in [1.807, 2.05) is 55.7 Å². The minimum Gasteiger partial charge on any atom is -0.444 e. The van der Waals surface area contributed by atoms with Crippen molar-refractivity contribution in [2.45, 2.75) is 71.9 Å². The number of carbonyl (C=O) groups excluding carboxylic acids is 1. The number of amides is 1. The highest BCUT2D eigenvalue weighted by molar-refractivity contribution is 6.74. The maximum Gasteiger partial charge on any atom is 0.412 e. The molecule has 1 heterocycles. The van der Waals surface area contributed by atoms with Gasteiger partial charge in [-0.25, -0.2) is 9.78 Å². The van der Waals surface area contributed by atoms with Gasteiger partial charge in [0.1, 0.15) is 5.60 Å². The number of benzene rings is 2. The minimum absolute atomic E-state index is 0.154. The first-order valence-electron chi connectivity index (χ1n) is 11.2. The third-order valence-electron chi connectivity index (χ3n) is 5.90. The molecular formula is C25H36N4O3Si. The molecule has 33 heavy (non-hydrogen) atoms. The van der Waals surface area contributed by atoms with E-state index >= 15 is 0 Å². The van der Waals surface area contributed by atoms with Gasteiger partial charge in [-0.2, -0.15) is 0 Å². The molecule has 0 spiro atoms. The first-order chi connectivity index (χ1) is 15.2. The lowest BCUT2D eigenvalue weighted by Crippen LogP contribution is -2.40. The van der Waals surface area contributed by atoms with Gasteiger partial charge in [-0.1, -0.05) is 32.9 Å². The monoisotopic (exact) mass is 468 g/mol. The van der Waals surface area contributed by atoms with Crippen molar-refractivity contribution in [2.24, 2.45) is 0 Å². The van der Waals surface area contributed by atoms with Crippen LogP contribution in [0.4, 0.5) is 16.4 Å². The van der Waals surface area contributed by atoms with Crippen LogP contribution in [-0.4, -0.2) is 29.6 Å². The Morgan fingerprint density at radius 1 is 1.09 bits per heavy atom. The third-order valence-corrected chi connectivity index (χ3v) is 10.4. The Balaban J connectivity index is 1.85. The minimum atomic E-state index is -1.84. The largest absolute Gasteiger partial charge is 0.444 e. The Morgan fingerprint density at radius 2 is 1.79 bits per heavy atom. The number of anilines is 2. The number of hydrogen-bond donors (Lipinski definition) is 2. The maximum absolute atomic E-state index is 12.2. The van der Waals surface area contributed by atoms with Crippen molar-refractivity contribution in [1.82, 2.24) is 9.55 Å². The predicted octanol–water partition coefficient (Wildman–Crippen LogP) is 6.48. The molecule has 0 bridgehead atoms. The number of nitrogens with zero attached hydrogens (tertiary/aromatic N) is 2. The van der Waals surface area contributed by atoms with Crippen molar-refractivity contribution in [3.8, 4) is 5.69 Å². The van der Waals surface area contributed by atoms with Gasteiger partial charge in [-0.3, -0.25) is 9.88 Å². The second kappa shape index (κ2) is 8.83. The van der Waals surface area contributed by atoms with Gasteiger partial charge in [0.15, 0.2) is 8.32 Å². The molecule has 8 heteroatoms. The molecule has 0 saturated heterocycles. The fourth-order valence-corrected chi connectivity index (χ4v) is 4.09. The van der Waals surface area contributed by atoms with Crippen LogP contribution < -0.4 is 11.1 Å². The van der Waals surface area contributed by atoms with Crippen LogP contribution in [0.2, 0.25) is 18.1 Å². The van der Waals surface area contributed by atoms with Gasteiger partial charge in [-0.15, -0.1) is 0 Å². The molecule has 1 amide bonds. The Kier molecular flexibility index (Phi) is 6.64. The molecule has 3 aromatic rings. The summed E-state index contributed by atoms with van der Waals surface area (Å²) in [4.78, 5) is 16.7. The molecule has 3 rings (SSSR count). The predicted molar refractivity (Wildman–Crippen MR) is 137 cm³/mol. The number of nitrogen functional groups attached to an aromatic ring is 1. The van der Waals surface area contributed by atoms with E-state index in [9.17, 15) is 4.79 Å². The summed E-state index contributed by atoms with van der Waals surface area (Å²) in [6.07, 6.45) is -0.505. The van der Waals surface area contributed by atoms with Gasteiger partial charge in [0.05, 0.1) is 23.3 Å². The first kappa shape index (κ1) is 24.8.